The van der Waals surface area contributed by atoms with Crippen LogP contribution in [0, 0.1) is 17.1 Å². The number of pyridine rings is 1. The predicted octanol–water partition coefficient (Wildman–Crippen LogP) is 4.02. The third-order valence-corrected chi connectivity index (χ3v) is 3.69. The molecule has 0 amide bonds. The van der Waals surface area contributed by atoms with Crippen molar-refractivity contribution in [2.75, 3.05) is 12.8 Å². The van der Waals surface area contributed by atoms with Gasteiger partial charge in [-0.05, 0) is 35.9 Å². The van der Waals surface area contributed by atoms with Gasteiger partial charge in [0.1, 0.15) is 29.0 Å². The van der Waals surface area contributed by atoms with Gasteiger partial charge in [-0.2, -0.15) is 5.26 Å². The molecule has 2 N–H and O–H groups in total. The summed E-state index contributed by atoms with van der Waals surface area (Å²) in [6.07, 6.45) is 0. The van der Waals surface area contributed by atoms with E-state index in [2.05, 4.69) is 11.1 Å². The van der Waals surface area contributed by atoms with Crippen LogP contribution in [0.1, 0.15) is 5.56 Å². The zero-order valence-electron chi connectivity index (χ0n) is 13.0. The van der Waals surface area contributed by atoms with E-state index in [4.69, 9.17) is 10.5 Å². The average molecular weight is 319 g/mol. The number of benzene rings is 2. The van der Waals surface area contributed by atoms with E-state index in [1.54, 1.807) is 43.5 Å². The molecule has 3 rings (SSSR count). The van der Waals surface area contributed by atoms with Crippen LogP contribution >= 0.6 is 0 Å². The van der Waals surface area contributed by atoms with Crippen molar-refractivity contribution in [1.29, 1.82) is 5.26 Å². The molecule has 0 radical (unpaired) electrons. The molecule has 0 aliphatic heterocycles. The predicted molar refractivity (Wildman–Crippen MR) is 90.7 cm³/mol. The Bertz CT molecular complexity index is 948. The lowest BCUT2D eigenvalue weighted by molar-refractivity contribution is 0.415. The summed E-state index contributed by atoms with van der Waals surface area (Å²) >= 11 is 0. The van der Waals surface area contributed by atoms with Gasteiger partial charge in [-0.25, -0.2) is 9.37 Å². The van der Waals surface area contributed by atoms with Crippen molar-refractivity contribution in [2.24, 2.45) is 0 Å². The molecule has 1 heterocycles. The van der Waals surface area contributed by atoms with Crippen molar-refractivity contribution < 1.29 is 9.13 Å². The van der Waals surface area contributed by atoms with Gasteiger partial charge in [0.15, 0.2) is 0 Å². The van der Waals surface area contributed by atoms with Gasteiger partial charge in [0, 0.05) is 11.1 Å². The Kier molecular flexibility index (Phi) is 4.13. The second-order valence-electron chi connectivity index (χ2n) is 5.14. The summed E-state index contributed by atoms with van der Waals surface area (Å²) in [5, 5.41) is 9.43. The summed E-state index contributed by atoms with van der Waals surface area (Å²) in [7, 11) is 1.57. The minimum atomic E-state index is -0.398. The zero-order chi connectivity index (χ0) is 17.1. The van der Waals surface area contributed by atoms with E-state index in [0.29, 0.717) is 22.6 Å². The first-order valence-electron chi connectivity index (χ1n) is 7.24. The van der Waals surface area contributed by atoms with E-state index in [1.807, 2.05) is 12.1 Å². The van der Waals surface area contributed by atoms with Crippen LogP contribution in [-0.2, 0) is 0 Å². The van der Waals surface area contributed by atoms with Gasteiger partial charge in [-0.1, -0.05) is 24.3 Å². The fourth-order valence-electron chi connectivity index (χ4n) is 2.51. The lowest BCUT2D eigenvalue weighted by Gasteiger charge is -2.11. The summed E-state index contributed by atoms with van der Waals surface area (Å²) in [5.41, 5.74) is 8.24. The monoisotopic (exact) mass is 319 g/mol. The number of nitrogens with two attached hydrogens (primary N) is 1. The van der Waals surface area contributed by atoms with Crippen molar-refractivity contribution in [2.45, 2.75) is 0 Å². The molecule has 0 unspecified atom stereocenters. The second kappa shape index (κ2) is 6.39. The van der Waals surface area contributed by atoms with Gasteiger partial charge >= 0.3 is 0 Å². The van der Waals surface area contributed by atoms with Gasteiger partial charge in [-0.3, -0.25) is 0 Å². The van der Waals surface area contributed by atoms with E-state index < -0.39 is 5.82 Å². The van der Waals surface area contributed by atoms with Gasteiger partial charge < -0.3 is 10.5 Å². The molecule has 0 atom stereocenters. The highest BCUT2D eigenvalue weighted by Gasteiger charge is 2.15. The quantitative estimate of drug-likeness (QED) is 0.791. The number of hydrogen-bond donors (Lipinski definition) is 1. The van der Waals surface area contributed by atoms with E-state index in [9.17, 15) is 9.65 Å². The molecule has 2 aromatic carbocycles. The number of rotatable bonds is 3. The smallest absolute Gasteiger partial charge is 0.142 e. The van der Waals surface area contributed by atoms with Crippen LogP contribution in [0.25, 0.3) is 22.4 Å². The Balaban J connectivity index is 2.25. The molecule has 5 heteroatoms. The Morgan fingerprint density at radius 2 is 1.88 bits per heavy atom. The summed E-state index contributed by atoms with van der Waals surface area (Å²) in [4.78, 5) is 4.19. The van der Waals surface area contributed by atoms with Crippen molar-refractivity contribution in [3.05, 3.63) is 66.0 Å². The Labute approximate surface area is 139 Å². The van der Waals surface area contributed by atoms with Crippen molar-refractivity contribution in [1.82, 2.24) is 4.98 Å². The molecule has 118 valence electrons. The molecule has 0 fully saturated rings. The molecular formula is C19H14FN3O. The van der Waals surface area contributed by atoms with E-state index in [1.165, 1.54) is 6.07 Å². The van der Waals surface area contributed by atoms with Crippen molar-refractivity contribution >= 4 is 5.82 Å². The molecule has 0 spiro atoms. The zero-order valence-corrected chi connectivity index (χ0v) is 13.0. The maximum absolute atomic E-state index is 14.1. The van der Waals surface area contributed by atoms with Crippen LogP contribution in [0.5, 0.6) is 5.75 Å². The fourth-order valence-corrected chi connectivity index (χ4v) is 2.51. The van der Waals surface area contributed by atoms with Crippen LogP contribution in [0.2, 0.25) is 0 Å². The number of nitrogen functional groups attached to an aromatic ring is 1. The maximum Gasteiger partial charge on any atom is 0.142 e. The van der Waals surface area contributed by atoms with E-state index >= 15 is 0 Å². The molecule has 0 saturated heterocycles. The van der Waals surface area contributed by atoms with E-state index in [-0.39, 0.29) is 11.4 Å². The minimum absolute atomic E-state index is 0.0658. The topological polar surface area (TPSA) is 71.9 Å². The highest BCUT2D eigenvalue weighted by molar-refractivity contribution is 5.80. The Morgan fingerprint density at radius 3 is 2.58 bits per heavy atom. The summed E-state index contributed by atoms with van der Waals surface area (Å²) < 4.78 is 19.3. The van der Waals surface area contributed by atoms with Crippen LogP contribution in [0.3, 0.4) is 0 Å². The average Bonchev–Trinajstić information content (AvgIpc) is 2.61. The van der Waals surface area contributed by atoms with Crippen LogP contribution in [0.15, 0.2) is 54.6 Å². The first-order chi connectivity index (χ1) is 11.6. The number of halogens is 1. The van der Waals surface area contributed by atoms with E-state index in [0.717, 1.165) is 5.56 Å². The molecule has 4 nitrogen and oxygen atoms in total. The van der Waals surface area contributed by atoms with Crippen molar-refractivity contribution in [3.63, 3.8) is 0 Å². The van der Waals surface area contributed by atoms with Gasteiger partial charge in [0.25, 0.3) is 0 Å². The summed E-state index contributed by atoms with van der Waals surface area (Å²) in [6, 6.07) is 17.3. The highest BCUT2D eigenvalue weighted by atomic mass is 19.1. The van der Waals surface area contributed by atoms with Gasteiger partial charge in [-0.15, -0.1) is 0 Å². The molecule has 0 bridgehead atoms. The molecule has 0 aliphatic rings. The number of nitrogens with zero attached hydrogens (tertiary/aromatic N) is 2. The van der Waals surface area contributed by atoms with Crippen LogP contribution in [-0.4, -0.2) is 12.1 Å². The fraction of sp³-hybridized carbons (Fsp3) is 0.0526. The standard InChI is InChI=1S/C19H14FN3O/c1-24-13-6-4-5-12(9-13)15-10-18(23-19(22)16(15)11-21)14-7-2-3-8-17(14)20/h2-10H,1H3,(H2,22,23). The number of ether oxygens (including phenoxy) is 1. The first kappa shape index (κ1) is 15.5. The SMILES string of the molecule is COc1cccc(-c2cc(-c3ccccc3F)nc(N)c2C#N)c1. The van der Waals surface area contributed by atoms with Crippen molar-refractivity contribution in [3.8, 4) is 34.2 Å². The molecule has 24 heavy (non-hydrogen) atoms. The number of hydrogen-bond acceptors (Lipinski definition) is 4. The van der Waals surface area contributed by atoms with Gasteiger partial charge in [0.05, 0.1) is 12.8 Å². The molecule has 1 aromatic heterocycles. The molecule has 0 saturated carbocycles. The third kappa shape index (κ3) is 2.77. The molecular weight excluding hydrogens is 305 g/mol. The first-order valence-corrected chi connectivity index (χ1v) is 7.24. The van der Waals surface area contributed by atoms with Crippen LogP contribution in [0.4, 0.5) is 10.2 Å². The number of nitriles is 1. The van der Waals surface area contributed by atoms with Gasteiger partial charge in [0.2, 0.25) is 0 Å². The lowest BCUT2D eigenvalue weighted by Crippen LogP contribution is -2.00. The van der Waals surface area contributed by atoms with Crippen LogP contribution < -0.4 is 10.5 Å². The number of aromatic nitrogens is 1. The molecule has 3 aromatic rings. The summed E-state index contributed by atoms with van der Waals surface area (Å²) in [6.45, 7) is 0. The summed E-state index contributed by atoms with van der Waals surface area (Å²) in [5.74, 6) is 0.320. The number of methoxy groups -OCH3 is 1. The number of anilines is 1. The Morgan fingerprint density at radius 1 is 1.08 bits per heavy atom. The largest absolute Gasteiger partial charge is 0.497 e. The lowest BCUT2D eigenvalue weighted by atomic mass is 9.98. The third-order valence-electron chi connectivity index (χ3n) is 3.69. The highest BCUT2D eigenvalue weighted by Crippen LogP contribution is 2.33. The second-order valence-corrected chi connectivity index (χ2v) is 5.14. The minimum Gasteiger partial charge on any atom is -0.497 e. The maximum atomic E-state index is 14.1. The normalized spacial score (nSPS) is 10.2. The Hall–Kier alpha value is -3.39. The molecule has 0 aliphatic carbocycles.